The van der Waals surface area contributed by atoms with Crippen molar-refractivity contribution in [1.29, 1.82) is 0 Å². The van der Waals surface area contributed by atoms with E-state index in [0.29, 0.717) is 17.4 Å². The third-order valence-electron chi connectivity index (χ3n) is 17.6. The van der Waals surface area contributed by atoms with Crippen molar-refractivity contribution in [2.24, 2.45) is 0 Å². The third-order valence-corrected chi connectivity index (χ3v) is 18.6. The maximum atomic E-state index is 13.1. The molecule has 0 aliphatic heterocycles. The zero-order valence-electron chi connectivity index (χ0n) is 57.9. The Morgan fingerprint density at radius 1 is 0.388 bits per heavy atom. The van der Waals surface area contributed by atoms with Gasteiger partial charge in [-0.2, -0.15) is 0 Å². The summed E-state index contributed by atoms with van der Waals surface area (Å²) < 4.78 is 23.8. The number of amides is 1. The zero-order chi connectivity index (χ0) is 61.9. The highest BCUT2D eigenvalue weighted by Crippen LogP contribution is 2.43. The largest absolute Gasteiger partial charge is 0.472 e. The summed E-state index contributed by atoms with van der Waals surface area (Å²) in [5.74, 6) is -0.178. The number of nitrogens with one attached hydrogen (secondary N) is 1. The van der Waals surface area contributed by atoms with Crippen LogP contribution in [0.1, 0.15) is 393 Å². The predicted molar refractivity (Wildman–Crippen MR) is 374 cm³/mol. The number of rotatable bonds is 71. The normalized spacial score (nSPS) is 13.7. The Morgan fingerprint density at radius 2 is 0.647 bits per heavy atom. The Morgan fingerprint density at radius 3 is 0.941 bits per heavy atom. The van der Waals surface area contributed by atoms with Gasteiger partial charge in [-0.25, -0.2) is 4.57 Å². The van der Waals surface area contributed by atoms with E-state index in [2.05, 4.69) is 43.5 Å². The summed E-state index contributed by atoms with van der Waals surface area (Å²) in [7, 11) is 1.57. The van der Waals surface area contributed by atoms with Gasteiger partial charge in [-0.1, -0.05) is 365 Å². The van der Waals surface area contributed by atoms with Crippen molar-refractivity contribution in [2.75, 3.05) is 40.9 Å². The summed E-state index contributed by atoms with van der Waals surface area (Å²) >= 11 is 0. The van der Waals surface area contributed by atoms with E-state index < -0.39 is 20.0 Å². The lowest BCUT2D eigenvalue weighted by atomic mass is 10.0. The molecule has 3 unspecified atom stereocenters. The van der Waals surface area contributed by atoms with Gasteiger partial charge in [0.15, 0.2) is 0 Å². The molecule has 85 heavy (non-hydrogen) atoms. The van der Waals surface area contributed by atoms with Crippen LogP contribution in [0.3, 0.4) is 0 Å². The van der Waals surface area contributed by atoms with E-state index in [9.17, 15) is 19.4 Å². The average Bonchev–Trinajstić information content (AvgIpc) is 3.48. The van der Waals surface area contributed by atoms with Crippen LogP contribution >= 0.6 is 7.82 Å². The summed E-state index contributed by atoms with van der Waals surface area (Å²) in [6, 6.07) is -0.863. The van der Waals surface area contributed by atoms with Gasteiger partial charge in [0.05, 0.1) is 39.9 Å². The van der Waals surface area contributed by atoms with Crippen LogP contribution in [0.5, 0.6) is 0 Å². The standard InChI is InChI=1S/C76H149N2O6P/c1-6-8-10-12-14-16-18-20-22-24-26-28-30-31-32-33-34-35-36-37-38-39-40-41-42-43-44-45-46-47-48-50-52-54-56-58-60-62-64-66-68-70-76(80)77-74(73-84-85(81,82)83-72-71-78(3,4)5)75(79)69-67-65-63-61-59-57-55-53-51-49-29-27-25-23-21-19-17-15-13-11-9-7-2/h24,26,59,61,67,69,74-75,79H,6-23,25,27-58,60,62-66,68,70-73H2,1-5H3,(H-,77,80,81,82)/p+1/b26-24-,61-59+,69-67+. The molecule has 9 heteroatoms. The Kier molecular flexibility index (Phi) is 66.1. The van der Waals surface area contributed by atoms with Crippen LogP contribution < -0.4 is 5.32 Å². The SMILES string of the molecule is CCCCCCCCCC/C=C\CCCCCCCCCCCCCCCCCCCCCCCCCCCCCCCC(=O)NC(COP(=O)(O)OCC[N+](C)(C)C)C(O)/C=C/CC/C=C/CCCCCCCCCCCCCCCCCC. The Balaban J connectivity index is 3.91. The lowest BCUT2D eigenvalue weighted by Crippen LogP contribution is -2.45. The Bertz CT molecular complexity index is 1480. The zero-order valence-corrected chi connectivity index (χ0v) is 58.8. The molecule has 0 radical (unpaired) electrons. The highest BCUT2D eigenvalue weighted by Gasteiger charge is 2.28. The number of aliphatic hydroxyl groups excluding tert-OH is 1. The molecule has 8 nitrogen and oxygen atoms in total. The van der Waals surface area contributed by atoms with Gasteiger partial charge in [-0.15, -0.1) is 0 Å². The number of carbonyl (C=O) groups is 1. The van der Waals surface area contributed by atoms with Crippen LogP contribution in [0.2, 0.25) is 0 Å². The molecule has 0 fully saturated rings. The number of carbonyl (C=O) groups excluding carboxylic acids is 1. The molecule has 0 aromatic heterocycles. The minimum absolute atomic E-state index is 0.0585. The van der Waals surface area contributed by atoms with Gasteiger partial charge in [0.25, 0.3) is 0 Å². The molecule has 504 valence electrons. The summed E-state index contributed by atoms with van der Waals surface area (Å²) in [5.41, 5.74) is 0. The monoisotopic (exact) mass is 1220 g/mol. The summed E-state index contributed by atoms with van der Waals surface area (Å²) in [6.45, 7) is 4.85. The van der Waals surface area contributed by atoms with Gasteiger partial charge in [-0.3, -0.25) is 13.8 Å². The van der Waals surface area contributed by atoms with Crippen LogP contribution in [0.25, 0.3) is 0 Å². The second kappa shape index (κ2) is 67.1. The molecular formula is C76H150N2O6P+. The number of nitrogens with zero attached hydrogens (tertiary/aromatic N) is 1. The first-order chi connectivity index (χ1) is 41.5. The van der Waals surface area contributed by atoms with E-state index in [1.165, 1.54) is 334 Å². The lowest BCUT2D eigenvalue weighted by molar-refractivity contribution is -0.870. The lowest BCUT2D eigenvalue weighted by Gasteiger charge is -2.25. The van der Waals surface area contributed by atoms with Crippen molar-refractivity contribution in [3.05, 3.63) is 36.5 Å². The van der Waals surface area contributed by atoms with E-state index >= 15 is 0 Å². The quantitative estimate of drug-likeness (QED) is 0.0243. The molecule has 0 heterocycles. The summed E-state index contributed by atoms with van der Waals surface area (Å²) in [5, 5.41) is 14.0. The van der Waals surface area contributed by atoms with Crippen LogP contribution in [-0.2, 0) is 18.4 Å². The molecule has 0 aromatic carbocycles. The number of hydrogen-bond acceptors (Lipinski definition) is 5. The van der Waals surface area contributed by atoms with Crippen LogP contribution in [-0.4, -0.2) is 73.4 Å². The number of phosphoric ester groups is 1. The van der Waals surface area contributed by atoms with Gasteiger partial charge in [0.1, 0.15) is 13.2 Å². The predicted octanol–water partition coefficient (Wildman–Crippen LogP) is 24.4. The van der Waals surface area contributed by atoms with Crippen molar-refractivity contribution < 1.29 is 32.9 Å². The highest BCUT2D eigenvalue weighted by molar-refractivity contribution is 7.47. The van der Waals surface area contributed by atoms with E-state index in [1.54, 1.807) is 6.08 Å². The smallest absolute Gasteiger partial charge is 0.387 e. The molecule has 0 saturated heterocycles. The molecule has 0 aliphatic carbocycles. The topological polar surface area (TPSA) is 105 Å². The van der Waals surface area contributed by atoms with E-state index in [1.807, 2.05) is 27.2 Å². The maximum absolute atomic E-state index is 13.1. The minimum Gasteiger partial charge on any atom is -0.387 e. The summed E-state index contributed by atoms with van der Waals surface area (Å²) in [4.78, 5) is 23.4. The van der Waals surface area contributed by atoms with Gasteiger partial charge in [0.2, 0.25) is 5.91 Å². The van der Waals surface area contributed by atoms with Crippen molar-refractivity contribution >= 4 is 13.7 Å². The molecule has 3 N–H and O–H groups in total. The Labute approximate surface area is 531 Å². The van der Waals surface area contributed by atoms with Gasteiger partial charge >= 0.3 is 7.82 Å². The second-order valence-corrected chi connectivity index (χ2v) is 28.8. The average molecular weight is 1220 g/mol. The number of hydrogen-bond donors (Lipinski definition) is 3. The molecule has 3 atom stereocenters. The molecule has 0 saturated carbocycles. The van der Waals surface area contributed by atoms with Crippen molar-refractivity contribution in [3.8, 4) is 0 Å². The maximum Gasteiger partial charge on any atom is 0.472 e. The third kappa shape index (κ3) is 70.0. The van der Waals surface area contributed by atoms with Crippen molar-refractivity contribution in [1.82, 2.24) is 5.32 Å². The van der Waals surface area contributed by atoms with Gasteiger partial charge in [0, 0.05) is 6.42 Å². The molecule has 0 spiro atoms. The van der Waals surface area contributed by atoms with Crippen LogP contribution in [0.4, 0.5) is 0 Å². The van der Waals surface area contributed by atoms with E-state index in [-0.39, 0.29) is 19.1 Å². The fourth-order valence-electron chi connectivity index (χ4n) is 11.7. The Hall–Kier alpha value is -1.28. The number of phosphoric acid groups is 1. The number of unbranched alkanes of at least 4 members (excludes halogenated alkanes) is 54. The number of likely N-dealkylation sites (N-methyl/N-ethyl adjacent to an activating group) is 1. The molecule has 1 amide bonds. The van der Waals surface area contributed by atoms with E-state index in [4.69, 9.17) is 9.05 Å². The highest BCUT2D eigenvalue weighted by atomic mass is 31.2. The first-order valence-electron chi connectivity index (χ1n) is 37.9. The van der Waals surface area contributed by atoms with E-state index in [0.717, 1.165) is 38.5 Å². The second-order valence-electron chi connectivity index (χ2n) is 27.4. The first kappa shape index (κ1) is 83.7. The van der Waals surface area contributed by atoms with Crippen LogP contribution in [0, 0.1) is 0 Å². The summed E-state index contributed by atoms with van der Waals surface area (Å²) in [6.07, 6.45) is 90.5. The molecule has 0 bridgehead atoms. The molecule has 0 rings (SSSR count). The molecule has 0 aliphatic rings. The van der Waals surface area contributed by atoms with Crippen molar-refractivity contribution in [3.63, 3.8) is 0 Å². The first-order valence-corrected chi connectivity index (χ1v) is 39.4. The van der Waals surface area contributed by atoms with Gasteiger partial charge in [-0.05, 0) is 57.8 Å². The fourth-order valence-corrected chi connectivity index (χ4v) is 12.4. The number of allylic oxidation sites excluding steroid dienone is 5. The molecule has 0 aromatic rings. The molecular weight excluding hydrogens is 1070 g/mol. The minimum atomic E-state index is -4.36. The van der Waals surface area contributed by atoms with Crippen LogP contribution in [0.15, 0.2) is 36.5 Å². The van der Waals surface area contributed by atoms with Crippen molar-refractivity contribution in [2.45, 2.75) is 405 Å². The number of quaternary nitrogens is 1. The fraction of sp³-hybridized carbons (Fsp3) is 0.908. The number of aliphatic hydroxyl groups is 1. The van der Waals surface area contributed by atoms with Gasteiger partial charge < -0.3 is 19.8 Å².